The smallest absolute Gasteiger partial charge is 0.239 e. The molecule has 19 heavy (non-hydrogen) atoms. The van der Waals surface area contributed by atoms with Gasteiger partial charge in [-0.3, -0.25) is 4.79 Å². The second-order valence-electron chi connectivity index (χ2n) is 5.06. The maximum atomic E-state index is 12.3. The number of hydrogen-bond donors (Lipinski definition) is 1. The van der Waals surface area contributed by atoms with Crippen molar-refractivity contribution < 1.29 is 4.79 Å². The van der Waals surface area contributed by atoms with E-state index in [1.807, 2.05) is 51.2 Å². The van der Waals surface area contributed by atoms with E-state index in [1.165, 1.54) is 0 Å². The lowest BCUT2D eigenvalue weighted by Gasteiger charge is -2.27. The molecule has 1 aromatic carbocycles. The zero-order chi connectivity index (χ0) is 14.3. The standard InChI is InChI=1S/C15H25N3O/c1-13(16-2)15(19)18(11-10-17(3)4)12-14-8-6-5-7-9-14/h5-9,13,16H,10-12H2,1-4H3. The highest BCUT2D eigenvalue weighted by atomic mass is 16.2. The molecule has 0 saturated carbocycles. The summed E-state index contributed by atoms with van der Waals surface area (Å²) in [4.78, 5) is 16.3. The van der Waals surface area contributed by atoms with Gasteiger partial charge in [0.2, 0.25) is 5.91 Å². The van der Waals surface area contributed by atoms with Crippen LogP contribution in [-0.4, -0.2) is 56.0 Å². The Morgan fingerprint density at radius 3 is 2.37 bits per heavy atom. The molecule has 0 heterocycles. The molecule has 0 aliphatic heterocycles. The molecule has 0 radical (unpaired) electrons. The Labute approximate surface area is 116 Å². The average Bonchev–Trinajstić information content (AvgIpc) is 2.42. The van der Waals surface area contributed by atoms with Gasteiger partial charge < -0.3 is 15.1 Å². The van der Waals surface area contributed by atoms with Crippen LogP contribution in [0.3, 0.4) is 0 Å². The first-order chi connectivity index (χ1) is 9.04. The monoisotopic (exact) mass is 263 g/mol. The summed E-state index contributed by atoms with van der Waals surface area (Å²) < 4.78 is 0. The Balaban J connectivity index is 2.71. The Morgan fingerprint density at radius 1 is 1.21 bits per heavy atom. The van der Waals surface area contributed by atoms with Crippen LogP contribution >= 0.6 is 0 Å². The molecule has 1 aromatic rings. The van der Waals surface area contributed by atoms with Crippen molar-refractivity contribution in [1.82, 2.24) is 15.1 Å². The predicted molar refractivity (Wildman–Crippen MR) is 78.9 cm³/mol. The van der Waals surface area contributed by atoms with Crippen LogP contribution in [0.4, 0.5) is 0 Å². The van der Waals surface area contributed by atoms with Gasteiger partial charge in [0.05, 0.1) is 6.04 Å². The van der Waals surface area contributed by atoms with E-state index in [1.54, 1.807) is 0 Å². The van der Waals surface area contributed by atoms with Gasteiger partial charge in [0, 0.05) is 19.6 Å². The summed E-state index contributed by atoms with van der Waals surface area (Å²) in [5, 5.41) is 3.01. The highest BCUT2D eigenvalue weighted by molar-refractivity contribution is 5.81. The third kappa shape index (κ3) is 5.41. The fourth-order valence-electron chi connectivity index (χ4n) is 1.79. The molecule has 0 spiro atoms. The summed E-state index contributed by atoms with van der Waals surface area (Å²) in [6.07, 6.45) is 0. The Kier molecular flexibility index (Phi) is 6.53. The topological polar surface area (TPSA) is 35.6 Å². The van der Waals surface area contributed by atoms with Gasteiger partial charge in [0.15, 0.2) is 0 Å². The number of nitrogens with one attached hydrogen (secondary N) is 1. The van der Waals surface area contributed by atoms with Gasteiger partial charge in [-0.2, -0.15) is 0 Å². The lowest BCUT2D eigenvalue weighted by molar-refractivity contribution is -0.133. The lowest BCUT2D eigenvalue weighted by atomic mass is 10.2. The van der Waals surface area contributed by atoms with E-state index < -0.39 is 0 Å². The van der Waals surface area contributed by atoms with Crippen LogP contribution in [0, 0.1) is 0 Å². The minimum Gasteiger partial charge on any atom is -0.336 e. The first-order valence-corrected chi connectivity index (χ1v) is 6.69. The SMILES string of the molecule is CNC(C)C(=O)N(CCN(C)C)Cc1ccccc1. The van der Waals surface area contributed by atoms with Crippen molar-refractivity contribution in [3.63, 3.8) is 0 Å². The van der Waals surface area contributed by atoms with E-state index >= 15 is 0 Å². The minimum atomic E-state index is -0.147. The summed E-state index contributed by atoms with van der Waals surface area (Å²) in [5.41, 5.74) is 1.16. The van der Waals surface area contributed by atoms with E-state index in [-0.39, 0.29) is 11.9 Å². The average molecular weight is 263 g/mol. The van der Waals surface area contributed by atoms with E-state index in [0.29, 0.717) is 6.54 Å². The van der Waals surface area contributed by atoms with E-state index in [9.17, 15) is 4.79 Å². The van der Waals surface area contributed by atoms with Crippen LogP contribution in [0.15, 0.2) is 30.3 Å². The number of amides is 1. The molecule has 4 nitrogen and oxygen atoms in total. The molecule has 1 unspecified atom stereocenters. The molecule has 0 aliphatic rings. The maximum absolute atomic E-state index is 12.3. The van der Waals surface area contributed by atoms with Crippen LogP contribution in [0.2, 0.25) is 0 Å². The van der Waals surface area contributed by atoms with Crippen LogP contribution < -0.4 is 5.32 Å². The highest BCUT2D eigenvalue weighted by Gasteiger charge is 2.19. The molecule has 1 atom stereocenters. The normalized spacial score (nSPS) is 12.5. The third-order valence-electron chi connectivity index (χ3n) is 3.15. The van der Waals surface area contributed by atoms with Crippen molar-refractivity contribution in [2.45, 2.75) is 19.5 Å². The van der Waals surface area contributed by atoms with Gasteiger partial charge in [-0.1, -0.05) is 30.3 Å². The van der Waals surface area contributed by atoms with Crippen LogP contribution in [0.5, 0.6) is 0 Å². The molecule has 106 valence electrons. The Bertz CT molecular complexity index is 378. The van der Waals surface area contributed by atoms with Gasteiger partial charge in [0.25, 0.3) is 0 Å². The van der Waals surface area contributed by atoms with Crippen LogP contribution in [0.1, 0.15) is 12.5 Å². The molecule has 1 amide bonds. The predicted octanol–water partition coefficient (Wildman–Crippen LogP) is 1.18. The first kappa shape index (κ1) is 15.7. The Morgan fingerprint density at radius 2 is 1.84 bits per heavy atom. The summed E-state index contributed by atoms with van der Waals surface area (Å²) in [6, 6.07) is 9.97. The van der Waals surface area contributed by atoms with Crippen LogP contribution in [0.25, 0.3) is 0 Å². The molecule has 0 fully saturated rings. The maximum Gasteiger partial charge on any atom is 0.239 e. The number of nitrogens with zero attached hydrogens (tertiary/aromatic N) is 2. The van der Waals surface area contributed by atoms with Gasteiger partial charge in [-0.25, -0.2) is 0 Å². The fourth-order valence-corrected chi connectivity index (χ4v) is 1.79. The molecule has 1 rings (SSSR count). The lowest BCUT2D eigenvalue weighted by Crippen LogP contribution is -2.45. The summed E-state index contributed by atoms with van der Waals surface area (Å²) in [6.45, 7) is 4.18. The quantitative estimate of drug-likeness (QED) is 0.802. The number of benzene rings is 1. The molecular weight excluding hydrogens is 238 g/mol. The van der Waals surface area contributed by atoms with Gasteiger partial charge in [-0.05, 0) is 33.6 Å². The number of hydrogen-bond acceptors (Lipinski definition) is 3. The molecule has 1 N–H and O–H groups in total. The first-order valence-electron chi connectivity index (χ1n) is 6.69. The molecule has 0 aromatic heterocycles. The van der Waals surface area contributed by atoms with Crippen molar-refractivity contribution in [3.05, 3.63) is 35.9 Å². The van der Waals surface area contributed by atoms with Crippen molar-refractivity contribution in [1.29, 1.82) is 0 Å². The van der Waals surface area contributed by atoms with Crippen molar-refractivity contribution in [2.75, 3.05) is 34.2 Å². The largest absolute Gasteiger partial charge is 0.336 e. The minimum absolute atomic E-state index is 0.146. The molecular formula is C15H25N3O. The van der Waals surface area contributed by atoms with Crippen molar-refractivity contribution in [2.24, 2.45) is 0 Å². The van der Waals surface area contributed by atoms with E-state index in [2.05, 4.69) is 22.3 Å². The number of carbonyl (C=O) groups is 1. The van der Waals surface area contributed by atoms with Gasteiger partial charge in [-0.15, -0.1) is 0 Å². The fraction of sp³-hybridized carbons (Fsp3) is 0.533. The molecule has 4 heteroatoms. The second-order valence-corrected chi connectivity index (χ2v) is 5.06. The highest BCUT2D eigenvalue weighted by Crippen LogP contribution is 2.06. The summed E-state index contributed by atoms with van der Waals surface area (Å²) in [5.74, 6) is 0.146. The third-order valence-corrected chi connectivity index (χ3v) is 3.15. The molecule has 0 saturated heterocycles. The van der Waals surface area contributed by atoms with Crippen molar-refractivity contribution >= 4 is 5.91 Å². The number of rotatable bonds is 7. The Hall–Kier alpha value is -1.39. The number of likely N-dealkylation sites (N-methyl/N-ethyl adjacent to an activating group) is 2. The van der Waals surface area contributed by atoms with Gasteiger partial charge >= 0.3 is 0 Å². The zero-order valence-electron chi connectivity index (χ0n) is 12.4. The summed E-state index contributed by atoms with van der Waals surface area (Å²) in [7, 11) is 5.86. The van der Waals surface area contributed by atoms with Gasteiger partial charge in [0.1, 0.15) is 0 Å². The second kappa shape index (κ2) is 7.92. The summed E-state index contributed by atoms with van der Waals surface area (Å²) >= 11 is 0. The van der Waals surface area contributed by atoms with Crippen LogP contribution in [-0.2, 0) is 11.3 Å². The van der Waals surface area contributed by atoms with E-state index in [4.69, 9.17) is 0 Å². The zero-order valence-corrected chi connectivity index (χ0v) is 12.4. The number of carbonyl (C=O) groups excluding carboxylic acids is 1. The van der Waals surface area contributed by atoms with E-state index in [0.717, 1.165) is 18.7 Å². The molecule has 0 bridgehead atoms. The molecule has 0 aliphatic carbocycles. The van der Waals surface area contributed by atoms with Crippen molar-refractivity contribution in [3.8, 4) is 0 Å².